The second kappa shape index (κ2) is 7.55. The van der Waals surface area contributed by atoms with Gasteiger partial charge in [-0.15, -0.1) is 6.42 Å². The smallest absolute Gasteiger partial charge is 0.412 e. The first-order valence-corrected chi connectivity index (χ1v) is 7.28. The number of allylic oxidation sites excluding steroid dienone is 2. The molecule has 2 rings (SSSR count). The Balaban J connectivity index is 1.99. The van der Waals surface area contributed by atoms with E-state index in [0.717, 1.165) is 25.7 Å². The maximum atomic E-state index is 12.2. The number of carbonyl (C=O) groups is 2. The fourth-order valence-corrected chi connectivity index (χ4v) is 2.80. The van der Waals surface area contributed by atoms with Crippen LogP contribution in [0.3, 0.4) is 0 Å². The van der Waals surface area contributed by atoms with Crippen molar-refractivity contribution in [3.8, 4) is 12.3 Å². The number of hydrogen-bond donors (Lipinski definition) is 1. The normalized spacial score (nSPS) is 19.2. The lowest BCUT2D eigenvalue weighted by atomic mass is 9.98. The molecule has 0 aromatic carbocycles. The van der Waals surface area contributed by atoms with Gasteiger partial charge >= 0.3 is 12.2 Å². The fourth-order valence-electron chi connectivity index (χ4n) is 2.80. The highest BCUT2D eigenvalue weighted by Crippen LogP contribution is 2.37. The van der Waals surface area contributed by atoms with Crippen LogP contribution in [0.25, 0.3) is 0 Å². The summed E-state index contributed by atoms with van der Waals surface area (Å²) < 4.78 is 9.65. The van der Waals surface area contributed by atoms with Crippen molar-refractivity contribution >= 4 is 12.2 Å². The van der Waals surface area contributed by atoms with Crippen LogP contribution in [0.4, 0.5) is 9.59 Å². The lowest BCUT2D eigenvalue weighted by molar-refractivity contribution is 0.00684. The first kappa shape index (κ1) is 16.0. The number of carbonyl (C=O) groups excluding carboxylic acids is 2. The number of hydrogen-bond acceptors (Lipinski definition) is 4. The minimum absolute atomic E-state index is 0.0601. The van der Waals surface area contributed by atoms with Gasteiger partial charge in [-0.05, 0) is 36.8 Å². The van der Waals surface area contributed by atoms with E-state index >= 15 is 0 Å². The van der Waals surface area contributed by atoms with E-state index in [9.17, 15) is 9.59 Å². The molecule has 2 aliphatic rings. The summed E-state index contributed by atoms with van der Waals surface area (Å²) in [6.45, 7) is -0.276. The van der Waals surface area contributed by atoms with E-state index in [0.29, 0.717) is 0 Å². The summed E-state index contributed by atoms with van der Waals surface area (Å²) >= 11 is 0. The van der Waals surface area contributed by atoms with Crippen LogP contribution in [0.5, 0.6) is 0 Å². The zero-order valence-electron chi connectivity index (χ0n) is 12.6. The molecule has 0 aromatic rings. The molecule has 0 spiro atoms. The molecular formula is C16H20N2O4. The second-order valence-electron chi connectivity index (χ2n) is 5.06. The molecule has 0 aliphatic heterocycles. The molecule has 0 aromatic heterocycles. The number of amides is 2. The van der Waals surface area contributed by atoms with E-state index in [1.165, 1.54) is 23.1 Å². The Hall–Kier alpha value is -2.42. The van der Waals surface area contributed by atoms with Crippen molar-refractivity contribution in [2.75, 3.05) is 20.4 Å². The van der Waals surface area contributed by atoms with Crippen molar-refractivity contribution in [2.45, 2.75) is 31.7 Å². The second-order valence-corrected chi connectivity index (χ2v) is 5.06. The number of alkyl carbamates (subject to hydrolysis) is 1. The van der Waals surface area contributed by atoms with Crippen LogP contribution in [0, 0.1) is 12.3 Å². The van der Waals surface area contributed by atoms with E-state index in [-0.39, 0.29) is 12.6 Å². The van der Waals surface area contributed by atoms with Crippen LogP contribution in [-0.4, -0.2) is 43.5 Å². The highest BCUT2D eigenvalue weighted by molar-refractivity contribution is 5.70. The predicted molar refractivity (Wildman–Crippen MR) is 80.8 cm³/mol. The van der Waals surface area contributed by atoms with Crippen LogP contribution in [0.2, 0.25) is 0 Å². The fraction of sp³-hybridized carbons (Fsp3) is 0.500. The van der Waals surface area contributed by atoms with E-state index in [2.05, 4.69) is 28.1 Å². The van der Waals surface area contributed by atoms with Crippen molar-refractivity contribution in [1.82, 2.24) is 10.2 Å². The maximum Gasteiger partial charge on any atom is 0.413 e. The molecule has 0 bridgehead atoms. The third-order valence-corrected chi connectivity index (χ3v) is 3.79. The molecule has 2 aliphatic carbocycles. The van der Waals surface area contributed by atoms with Gasteiger partial charge < -0.3 is 14.8 Å². The number of rotatable bonds is 4. The van der Waals surface area contributed by atoms with Crippen molar-refractivity contribution < 1.29 is 19.1 Å². The van der Waals surface area contributed by atoms with Gasteiger partial charge in [-0.3, -0.25) is 4.90 Å². The van der Waals surface area contributed by atoms with E-state index in [4.69, 9.17) is 11.2 Å². The number of terminal acetylenes is 1. The summed E-state index contributed by atoms with van der Waals surface area (Å²) in [6.07, 6.45) is 12.4. The third-order valence-electron chi connectivity index (χ3n) is 3.79. The predicted octanol–water partition coefficient (Wildman–Crippen LogP) is 2.18. The zero-order valence-corrected chi connectivity index (χ0v) is 12.6. The van der Waals surface area contributed by atoms with Gasteiger partial charge in [0.05, 0.1) is 12.6 Å². The Morgan fingerprint density at radius 1 is 1.41 bits per heavy atom. The quantitative estimate of drug-likeness (QED) is 0.638. The van der Waals surface area contributed by atoms with Crippen LogP contribution >= 0.6 is 0 Å². The Morgan fingerprint density at radius 2 is 2.18 bits per heavy atom. The standard InChI is InChI=1S/C16H20N2O4/c1-3-10-18(16(20)22-11-21-15(19)17-2)14-9-8-12-6-4-5-7-13(12)14/h1,6-7,14H,4-5,8-11H2,2H3,(H,17,19). The Labute approximate surface area is 130 Å². The van der Waals surface area contributed by atoms with E-state index in [1.807, 2.05) is 0 Å². The molecule has 1 atom stereocenters. The monoisotopic (exact) mass is 304 g/mol. The summed E-state index contributed by atoms with van der Waals surface area (Å²) in [7, 11) is 1.43. The van der Waals surface area contributed by atoms with Crippen LogP contribution in [0.15, 0.2) is 23.3 Å². The molecule has 0 radical (unpaired) electrons. The van der Waals surface area contributed by atoms with E-state index < -0.39 is 19.0 Å². The molecule has 6 nitrogen and oxygen atoms in total. The first-order chi connectivity index (χ1) is 10.7. The van der Waals surface area contributed by atoms with Crippen LogP contribution in [0.1, 0.15) is 25.7 Å². The maximum absolute atomic E-state index is 12.2. The van der Waals surface area contributed by atoms with Gasteiger partial charge in [-0.2, -0.15) is 0 Å². The molecule has 1 fully saturated rings. The average Bonchev–Trinajstić information content (AvgIpc) is 2.96. The number of fused-ring (bicyclic) bond motifs is 1. The molecule has 2 amide bonds. The molecule has 118 valence electrons. The number of nitrogens with zero attached hydrogens (tertiary/aromatic N) is 1. The average molecular weight is 304 g/mol. The molecule has 1 N–H and O–H groups in total. The van der Waals surface area contributed by atoms with Gasteiger partial charge in [0.2, 0.25) is 6.79 Å². The lowest BCUT2D eigenvalue weighted by Crippen LogP contribution is -2.41. The lowest BCUT2D eigenvalue weighted by Gasteiger charge is -2.28. The molecule has 22 heavy (non-hydrogen) atoms. The molecule has 6 heteroatoms. The number of ether oxygens (including phenoxy) is 2. The van der Waals surface area contributed by atoms with Crippen molar-refractivity contribution in [1.29, 1.82) is 0 Å². The molecule has 1 saturated carbocycles. The largest absolute Gasteiger partial charge is 0.413 e. The molecule has 0 heterocycles. The summed E-state index contributed by atoms with van der Waals surface area (Å²) in [4.78, 5) is 24.7. The molecule has 0 saturated heterocycles. The highest BCUT2D eigenvalue weighted by Gasteiger charge is 2.34. The molecule has 1 unspecified atom stereocenters. The highest BCUT2D eigenvalue weighted by atomic mass is 16.7. The van der Waals surface area contributed by atoms with Gasteiger partial charge in [0.1, 0.15) is 0 Å². The van der Waals surface area contributed by atoms with E-state index in [1.54, 1.807) is 0 Å². The summed E-state index contributed by atoms with van der Waals surface area (Å²) in [6, 6.07) is -0.0601. The van der Waals surface area contributed by atoms with Gasteiger partial charge in [0.25, 0.3) is 0 Å². The van der Waals surface area contributed by atoms with Gasteiger partial charge in [0, 0.05) is 7.05 Å². The Morgan fingerprint density at radius 3 is 2.91 bits per heavy atom. The van der Waals surface area contributed by atoms with Crippen LogP contribution in [-0.2, 0) is 9.47 Å². The van der Waals surface area contributed by atoms with Crippen molar-refractivity contribution in [3.63, 3.8) is 0 Å². The third kappa shape index (κ3) is 3.61. The first-order valence-electron chi connectivity index (χ1n) is 7.28. The molecular weight excluding hydrogens is 284 g/mol. The van der Waals surface area contributed by atoms with Gasteiger partial charge in [-0.25, -0.2) is 9.59 Å². The van der Waals surface area contributed by atoms with Crippen molar-refractivity contribution in [3.05, 3.63) is 23.3 Å². The Bertz CT molecular complexity index is 545. The van der Waals surface area contributed by atoms with Gasteiger partial charge in [-0.1, -0.05) is 18.1 Å². The van der Waals surface area contributed by atoms with Gasteiger partial charge in [0.15, 0.2) is 0 Å². The van der Waals surface area contributed by atoms with Crippen LogP contribution < -0.4 is 5.32 Å². The Kier molecular flexibility index (Phi) is 5.48. The summed E-state index contributed by atoms with van der Waals surface area (Å²) in [5.74, 6) is 2.49. The minimum Gasteiger partial charge on any atom is -0.412 e. The van der Waals surface area contributed by atoms with Crippen molar-refractivity contribution in [2.24, 2.45) is 0 Å². The number of nitrogens with one attached hydrogen (secondary N) is 1. The SMILES string of the molecule is C#CCN(C(=O)OCOC(=O)NC)C1CCC2=CCCC=C21. The summed E-state index contributed by atoms with van der Waals surface area (Å²) in [5.41, 5.74) is 2.47. The summed E-state index contributed by atoms with van der Waals surface area (Å²) in [5, 5.41) is 2.27. The topological polar surface area (TPSA) is 67.9 Å². The minimum atomic E-state index is -0.655. The zero-order chi connectivity index (χ0) is 15.9.